The molecule has 2 rings (SSSR count). The van der Waals surface area contributed by atoms with Gasteiger partial charge in [0.2, 0.25) is 0 Å². The molecule has 0 amide bonds. The molecule has 1 aromatic carbocycles. The normalized spacial score (nSPS) is 18.5. The van der Waals surface area contributed by atoms with E-state index in [1.165, 1.54) is 19.5 Å². The van der Waals surface area contributed by atoms with Gasteiger partial charge in [-0.2, -0.15) is 0 Å². The van der Waals surface area contributed by atoms with E-state index in [2.05, 4.69) is 17.1 Å². The van der Waals surface area contributed by atoms with Gasteiger partial charge in [-0.1, -0.05) is 6.92 Å². The fraction of sp³-hybridized carbons (Fsp3) is 0.647. The topological polar surface area (TPSA) is 43.0 Å². The summed E-state index contributed by atoms with van der Waals surface area (Å²) in [4.78, 5) is 2.50. The zero-order valence-corrected chi connectivity index (χ0v) is 14.1. The first-order valence-corrected chi connectivity index (χ1v) is 7.93. The van der Waals surface area contributed by atoms with E-state index in [0.717, 1.165) is 48.4 Å². The van der Waals surface area contributed by atoms with Crippen molar-refractivity contribution in [1.29, 1.82) is 0 Å². The predicted octanol–water partition coefficient (Wildman–Crippen LogP) is 2.14. The van der Waals surface area contributed by atoms with Crippen LogP contribution in [-0.2, 0) is 6.54 Å². The Morgan fingerprint density at radius 2 is 1.82 bits per heavy atom. The molecule has 5 heteroatoms. The van der Waals surface area contributed by atoms with Crippen molar-refractivity contribution in [2.75, 3.05) is 47.5 Å². The number of likely N-dealkylation sites (tertiary alicyclic amines) is 1. The SMILES string of the molecule is CCN1CCC(CNCc2c(OC)cc(OC)cc2OC)C1. The van der Waals surface area contributed by atoms with Gasteiger partial charge in [0, 0.05) is 25.2 Å². The fourth-order valence-electron chi connectivity index (χ4n) is 3.02. The van der Waals surface area contributed by atoms with Crippen LogP contribution in [0, 0.1) is 5.92 Å². The molecule has 1 fully saturated rings. The van der Waals surface area contributed by atoms with Gasteiger partial charge >= 0.3 is 0 Å². The molecule has 1 aliphatic heterocycles. The molecule has 1 saturated heterocycles. The Balaban J connectivity index is 1.97. The van der Waals surface area contributed by atoms with Crippen molar-refractivity contribution >= 4 is 0 Å². The summed E-state index contributed by atoms with van der Waals surface area (Å²) in [5.41, 5.74) is 1.04. The van der Waals surface area contributed by atoms with Crippen LogP contribution in [0.1, 0.15) is 18.9 Å². The number of methoxy groups -OCH3 is 3. The molecule has 1 aromatic rings. The number of ether oxygens (including phenoxy) is 3. The number of benzene rings is 1. The van der Waals surface area contributed by atoms with Crippen molar-refractivity contribution in [2.24, 2.45) is 5.92 Å². The molecular formula is C17H28N2O3. The molecule has 0 aliphatic carbocycles. The third-order valence-corrected chi connectivity index (χ3v) is 4.37. The van der Waals surface area contributed by atoms with E-state index in [-0.39, 0.29) is 0 Å². The second-order valence-electron chi connectivity index (χ2n) is 5.69. The number of nitrogens with zero attached hydrogens (tertiary/aromatic N) is 1. The van der Waals surface area contributed by atoms with E-state index in [4.69, 9.17) is 14.2 Å². The lowest BCUT2D eigenvalue weighted by Gasteiger charge is -2.17. The number of hydrogen-bond acceptors (Lipinski definition) is 5. The van der Waals surface area contributed by atoms with Crippen LogP contribution in [0.5, 0.6) is 17.2 Å². The van der Waals surface area contributed by atoms with Gasteiger partial charge in [0.05, 0.1) is 26.9 Å². The van der Waals surface area contributed by atoms with E-state index in [1.807, 2.05) is 12.1 Å². The first-order valence-electron chi connectivity index (χ1n) is 7.93. The second kappa shape index (κ2) is 8.25. The standard InChI is InChI=1S/C17H28N2O3/c1-5-19-7-6-13(12-19)10-18-11-15-16(21-3)8-14(20-2)9-17(15)22-4/h8-9,13,18H,5-7,10-12H2,1-4H3. The highest BCUT2D eigenvalue weighted by Gasteiger charge is 2.21. The smallest absolute Gasteiger partial charge is 0.130 e. The Morgan fingerprint density at radius 1 is 1.14 bits per heavy atom. The maximum atomic E-state index is 5.48. The van der Waals surface area contributed by atoms with Crippen molar-refractivity contribution < 1.29 is 14.2 Å². The first-order chi connectivity index (χ1) is 10.7. The highest BCUT2D eigenvalue weighted by Crippen LogP contribution is 2.33. The number of rotatable bonds is 8. The van der Waals surface area contributed by atoms with Gasteiger partial charge in [0.25, 0.3) is 0 Å². The molecular weight excluding hydrogens is 280 g/mol. The molecule has 0 spiro atoms. The Morgan fingerprint density at radius 3 is 2.32 bits per heavy atom. The van der Waals surface area contributed by atoms with Crippen LogP contribution in [0.3, 0.4) is 0 Å². The fourth-order valence-corrected chi connectivity index (χ4v) is 3.02. The highest BCUT2D eigenvalue weighted by atomic mass is 16.5. The summed E-state index contributed by atoms with van der Waals surface area (Å²) in [7, 11) is 4.99. The zero-order chi connectivity index (χ0) is 15.9. The third kappa shape index (κ3) is 4.05. The summed E-state index contributed by atoms with van der Waals surface area (Å²) in [5, 5.41) is 3.55. The van der Waals surface area contributed by atoms with E-state index < -0.39 is 0 Å². The Kier molecular flexibility index (Phi) is 6.34. The molecule has 1 heterocycles. The average molecular weight is 308 g/mol. The molecule has 0 saturated carbocycles. The Hall–Kier alpha value is -1.46. The summed E-state index contributed by atoms with van der Waals surface area (Å²) < 4.78 is 16.2. The lowest BCUT2D eigenvalue weighted by molar-refractivity contribution is 0.337. The monoisotopic (exact) mass is 308 g/mol. The van der Waals surface area contributed by atoms with Crippen LogP contribution in [0.2, 0.25) is 0 Å². The highest BCUT2D eigenvalue weighted by molar-refractivity contribution is 5.50. The zero-order valence-electron chi connectivity index (χ0n) is 14.1. The van der Waals surface area contributed by atoms with Crippen molar-refractivity contribution in [3.63, 3.8) is 0 Å². The van der Waals surface area contributed by atoms with Crippen LogP contribution in [0.25, 0.3) is 0 Å². The second-order valence-corrected chi connectivity index (χ2v) is 5.69. The molecule has 1 atom stereocenters. The van der Waals surface area contributed by atoms with Gasteiger partial charge in [-0.15, -0.1) is 0 Å². The predicted molar refractivity (Wildman–Crippen MR) is 88.0 cm³/mol. The molecule has 0 aromatic heterocycles. The lowest BCUT2D eigenvalue weighted by atomic mass is 10.1. The van der Waals surface area contributed by atoms with Gasteiger partial charge < -0.3 is 24.4 Å². The van der Waals surface area contributed by atoms with Gasteiger partial charge in [0.15, 0.2) is 0 Å². The molecule has 0 bridgehead atoms. The molecule has 5 nitrogen and oxygen atoms in total. The van der Waals surface area contributed by atoms with Crippen LogP contribution in [-0.4, -0.2) is 52.4 Å². The molecule has 22 heavy (non-hydrogen) atoms. The van der Waals surface area contributed by atoms with E-state index in [0.29, 0.717) is 0 Å². The van der Waals surface area contributed by atoms with Crippen molar-refractivity contribution in [3.05, 3.63) is 17.7 Å². The number of nitrogens with one attached hydrogen (secondary N) is 1. The van der Waals surface area contributed by atoms with Crippen molar-refractivity contribution in [2.45, 2.75) is 19.9 Å². The maximum absolute atomic E-state index is 5.48. The van der Waals surface area contributed by atoms with Gasteiger partial charge in [-0.3, -0.25) is 0 Å². The van der Waals surface area contributed by atoms with Crippen LogP contribution in [0.15, 0.2) is 12.1 Å². The molecule has 1 N–H and O–H groups in total. The lowest BCUT2D eigenvalue weighted by Crippen LogP contribution is -2.26. The van der Waals surface area contributed by atoms with Crippen molar-refractivity contribution in [1.82, 2.24) is 10.2 Å². The number of hydrogen-bond donors (Lipinski definition) is 1. The minimum absolute atomic E-state index is 0.732. The van der Waals surface area contributed by atoms with Crippen LogP contribution < -0.4 is 19.5 Å². The Labute approximate surface area is 133 Å². The maximum Gasteiger partial charge on any atom is 0.130 e. The quantitative estimate of drug-likeness (QED) is 0.797. The summed E-state index contributed by atoms with van der Waals surface area (Å²) >= 11 is 0. The van der Waals surface area contributed by atoms with Crippen LogP contribution >= 0.6 is 0 Å². The summed E-state index contributed by atoms with van der Waals surface area (Å²) in [6.07, 6.45) is 1.28. The minimum atomic E-state index is 0.732. The van der Waals surface area contributed by atoms with Gasteiger partial charge in [0.1, 0.15) is 17.2 Å². The van der Waals surface area contributed by atoms with Crippen molar-refractivity contribution in [3.8, 4) is 17.2 Å². The first kappa shape index (κ1) is 16.9. The summed E-state index contributed by atoms with van der Waals surface area (Å²) in [6.45, 7) is 7.55. The van der Waals surface area contributed by atoms with Gasteiger partial charge in [-0.05, 0) is 32.0 Å². The summed E-state index contributed by atoms with van der Waals surface area (Å²) in [5.74, 6) is 3.07. The van der Waals surface area contributed by atoms with Gasteiger partial charge in [-0.25, -0.2) is 0 Å². The van der Waals surface area contributed by atoms with Crippen LogP contribution in [0.4, 0.5) is 0 Å². The molecule has 0 radical (unpaired) electrons. The largest absolute Gasteiger partial charge is 0.496 e. The summed E-state index contributed by atoms with van der Waals surface area (Å²) in [6, 6.07) is 3.79. The Bertz CT molecular complexity index is 454. The molecule has 1 aliphatic rings. The molecule has 124 valence electrons. The minimum Gasteiger partial charge on any atom is -0.496 e. The van der Waals surface area contributed by atoms with E-state index in [9.17, 15) is 0 Å². The molecule has 1 unspecified atom stereocenters. The average Bonchev–Trinajstić information content (AvgIpc) is 3.02. The van der Waals surface area contributed by atoms with E-state index in [1.54, 1.807) is 21.3 Å². The van der Waals surface area contributed by atoms with E-state index >= 15 is 0 Å². The third-order valence-electron chi connectivity index (χ3n) is 4.37.